The van der Waals surface area contributed by atoms with E-state index in [0.717, 1.165) is 12.0 Å². The number of hydrogen-bond donors (Lipinski definition) is 1. The van der Waals surface area contributed by atoms with E-state index >= 15 is 0 Å². The third-order valence-corrected chi connectivity index (χ3v) is 3.67. The van der Waals surface area contributed by atoms with Crippen LogP contribution in [-0.4, -0.2) is 31.2 Å². The predicted octanol–water partition coefficient (Wildman–Crippen LogP) is 3.46. The zero-order valence-electron chi connectivity index (χ0n) is 13.3. The topological polar surface area (TPSA) is 65.0 Å². The van der Waals surface area contributed by atoms with E-state index in [1.807, 2.05) is 18.2 Å². The van der Waals surface area contributed by atoms with Gasteiger partial charge in [-0.05, 0) is 42.0 Å². The number of ether oxygens (including phenoxy) is 3. The largest absolute Gasteiger partial charge is 0.507 e. The number of fused-ring (bicyclic) bond motifs is 1. The van der Waals surface area contributed by atoms with Crippen LogP contribution in [-0.2, 0) is 0 Å². The summed E-state index contributed by atoms with van der Waals surface area (Å²) in [5.74, 6) is 1.51. The van der Waals surface area contributed by atoms with Gasteiger partial charge in [0.15, 0.2) is 17.3 Å². The number of carbonyl (C=O) groups excluding carboxylic acids is 1. The number of allylic oxidation sites excluding steroid dienone is 1. The Morgan fingerprint density at radius 1 is 1.12 bits per heavy atom. The van der Waals surface area contributed by atoms with Gasteiger partial charge in [-0.1, -0.05) is 12.1 Å². The molecule has 1 heterocycles. The lowest BCUT2D eigenvalue weighted by Gasteiger charge is -2.07. The lowest BCUT2D eigenvalue weighted by Crippen LogP contribution is -1.97. The summed E-state index contributed by atoms with van der Waals surface area (Å²) < 4.78 is 16.3. The Hall–Kier alpha value is -2.95. The molecule has 0 aliphatic carbocycles. The maximum atomic E-state index is 12.3. The van der Waals surface area contributed by atoms with Crippen molar-refractivity contribution in [3.8, 4) is 23.0 Å². The van der Waals surface area contributed by atoms with Crippen molar-refractivity contribution >= 4 is 11.9 Å². The van der Waals surface area contributed by atoms with Crippen LogP contribution >= 0.6 is 0 Å². The Labute approximate surface area is 140 Å². The van der Waals surface area contributed by atoms with E-state index in [2.05, 4.69) is 0 Å². The molecule has 1 aliphatic heterocycles. The van der Waals surface area contributed by atoms with Gasteiger partial charge in [0.2, 0.25) is 0 Å². The van der Waals surface area contributed by atoms with Crippen LogP contribution in [0.2, 0.25) is 0 Å². The molecule has 5 heteroatoms. The van der Waals surface area contributed by atoms with E-state index in [0.29, 0.717) is 30.5 Å². The van der Waals surface area contributed by atoms with Crippen molar-refractivity contribution in [3.05, 3.63) is 53.6 Å². The number of ketones is 1. The molecule has 0 saturated heterocycles. The van der Waals surface area contributed by atoms with Gasteiger partial charge in [0.1, 0.15) is 11.5 Å². The average molecular weight is 326 g/mol. The molecule has 0 bridgehead atoms. The fourth-order valence-electron chi connectivity index (χ4n) is 2.38. The van der Waals surface area contributed by atoms with Gasteiger partial charge in [0.25, 0.3) is 0 Å². The molecule has 0 atom stereocenters. The fraction of sp³-hybridized carbons (Fsp3) is 0.211. The SMILES string of the molecule is COc1ccc(O)c(C(=O)/C=C/c2ccc3c(c2)OCCCO3)c1. The highest BCUT2D eigenvalue weighted by molar-refractivity contribution is 6.08. The molecule has 1 aliphatic rings. The molecule has 0 amide bonds. The molecule has 0 radical (unpaired) electrons. The number of methoxy groups -OCH3 is 1. The van der Waals surface area contributed by atoms with Crippen LogP contribution in [0, 0.1) is 0 Å². The predicted molar refractivity (Wildman–Crippen MR) is 90.1 cm³/mol. The van der Waals surface area contributed by atoms with E-state index < -0.39 is 0 Å². The van der Waals surface area contributed by atoms with Crippen LogP contribution in [0.4, 0.5) is 0 Å². The quantitative estimate of drug-likeness (QED) is 0.688. The Kier molecular flexibility index (Phi) is 4.70. The van der Waals surface area contributed by atoms with Crippen LogP contribution in [0.5, 0.6) is 23.0 Å². The van der Waals surface area contributed by atoms with Gasteiger partial charge in [-0.25, -0.2) is 0 Å². The molecule has 0 unspecified atom stereocenters. The summed E-state index contributed by atoms with van der Waals surface area (Å²) in [6, 6.07) is 10.1. The fourth-order valence-corrected chi connectivity index (χ4v) is 2.38. The monoisotopic (exact) mass is 326 g/mol. The van der Waals surface area contributed by atoms with Crippen LogP contribution in [0.15, 0.2) is 42.5 Å². The normalized spacial score (nSPS) is 13.5. The number of hydrogen-bond acceptors (Lipinski definition) is 5. The Balaban J connectivity index is 1.80. The van der Waals surface area contributed by atoms with Gasteiger partial charge in [-0.2, -0.15) is 0 Å². The molecule has 124 valence electrons. The molecule has 0 fully saturated rings. The first kappa shape index (κ1) is 15.9. The van der Waals surface area contributed by atoms with Crippen molar-refractivity contribution in [3.63, 3.8) is 0 Å². The van der Waals surface area contributed by atoms with Gasteiger partial charge in [-0.15, -0.1) is 0 Å². The number of benzene rings is 2. The Bertz CT molecular complexity index is 779. The number of aromatic hydroxyl groups is 1. The van der Waals surface area contributed by atoms with Crippen LogP contribution in [0.25, 0.3) is 6.08 Å². The van der Waals surface area contributed by atoms with Gasteiger partial charge in [0, 0.05) is 6.42 Å². The van der Waals surface area contributed by atoms with Gasteiger partial charge < -0.3 is 19.3 Å². The molecule has 3 rings (SSSR count). The molecule has 1 N–H and O–H groups in total. The Morgan fingerprint density at radius 3 is 2.71 bits per heavy atom. The van der Waals surface area contributed by atoms with E-state index in [1.165, 1.54) is 25.3 Å². The molecule has 0 spiro atoms. The molecule has 2 aromatic rings. The van der Waals surface area contributed by atoms with Crippen molar-refractivity contribution in [2.45, 2.75) is 6.42 Å². The number of phenols is 1. The maximum absolute atomic E-state index is 12.3. The van der Waals surface area contributed by atoms with E-state index in [4.69, 9.17) is 14.2 Å². The summed E-state index contributed by atoms with van der Waals surface area (Å²) in [6.45, 7) is 1.24. The van der Waals surface area contributed by atoms with Crippen molar-refractivity contribution in [1.29, 1.82) is 0 Å². The van der Waals surface area contributed by atoms with Crippen molar-refractivity contribution in [1.82, 2.24) is 0 Å². The average Bonchev–Trinajstić information content (AvgIpc) is 2.85. The minimum Gasteiger partial charge on any atom is -0.507 e. The lowest BCUT2D eigenvalue weighted by atomic mass is 10.1. The number of carbonyl (C=O) groups is 1. The zero-order chi connectivity index (χ0) is 16.9. The molecule has 0 saturated carbocycles. The van der Waals surface area contributed by atoms with Gasteiger partial charge >= 0.3 is 0 Å². The molecule has 2 aromatic carbocycles. The van der Waals surface area contributed by atoms with Crippen LogP contribution in [0.1, 0.15) is 22.3 Å². The molecular formula is C19H18O5. The minimum atomic E-state index is -0.307. The van der Waals surface area contributed by atoms with Crippen molar-refractivity contribution in [2.24, 2.45) is 0 Å². The summed E-state index contributed by atoms with van der Waals surface area (Å²) in [5.41, 5.74) is 1.01. The molecular weight excluding hydrogens is 308 g/mol. The summed E-state index contributed by atoms with van der Waals surface area (Å²) in [4.78, 5) is 12.3. The highest BCUT2D eigenvalue weighted by Gasteiger charge is 2.11. The van der Waals surface area contributed by atoms with E-state index in [9.17, 15) is 9.90 Å². The first-order valence-corrected chi connectivity index (χ1v) is 7.66. The third-order valence-electron chi connectivity index (χ3n) is 3.67. The van der Waals surface area contributed by atoms with E-state index in [-0.39, 0.29) is 17.1 Å². The second kappa shape index (κ2) is 7.08. The Morgan fingerprint density at radius 2 is 1.92 bits per heavy atom. The van der Waals surface area contributed by atoms with E-state index in [1.54, 1.807) is 12.1 Å². The lowest BCUT2D eigenvalue weighted by molar-refractivity contribution is 0.104. The summed E-state index contributed by atoms with van der Waals surface area (Å²) in [5, 5.41) is 9.84. The number of phenolic OH excluding ortho intramolecular Hbond substituents is 1. The summed E-state index contributed by atoms with van der Waals surface area (Å²) >= 11 is 0. The first-order valence-electron chi connectivity index (χ1n) is 7.66. The third kappa shape index (κ3) is 3.51. The highest BCUT2D eigenvalue weighted by Crippen LogP contribution is 2.31. The maximum Gasteiger partial charge on any atom is 0.189 e. The van der Waals surface area contributed by atoms with Gasteiger partial charge in [0.05, 0.1) is 25.9 Å². The van der Waals surface area contributed by atoms with Crippen molar-refractivity contribution < 1.29 is 24.1 Å². The molecule has 5 nitrogen and oxygen atoms in total. The molecule has 0 aromatic heterocycles. The highest BCUT2D eigenvalue weighted by atomic mass is 16.5. The first-order chi connectivity index (χ1) is 11.7. The smallest absolute Gasteiger partial charge is 0.189 e. The zero-order valence-corrected chi connectivity index (χ0v) is 13.3. The molecule has 24 heavy (non-hydrogen) atoms. The minimum absolute atomic E-state index is 0.0795. The van der Waals surface area contributed by atoms with Crippen LogP contribution in [0.3, 0.4) is 0 Å². The second-order valence-electron chi connectivity index (χ2n) is 5.34. The standard InChI is InChI=1S/C19H18O5/c1-22-14-5-7-17(21)15(12-14)16(20)6-3-13-4-8-18-19(11-13)24-10-2-9-23-18/h3-8,11-12,21H,2,9-10H2,1H3/b6-3+. The second-order valence-corrected chi connectivity index (χ2v) is 5.34. The summed E-state index contributed by atoms with van der Waals surface area (Å²) in [6.07, 6.45) is 3.93. The van der Waals surface area contributed by atoms with Crippen LogP contribution < -0.4 is 14.2 Å². The van der Waals surface area contributed by atoms with Crippen molar-refractivity contribution in [2.75, 3.05) is 20.3 Å². The summed E-state index contributed by atoms with van der Waals surface area (Å²) in [7, 11) is 1.51. The van der Waals surface area contributed by atoms with Gasteiger partial charge in [-0.3, -0.25) is 4.79 Å². The number of rotatable bonds is 4.